The van der Waals surface area contributed by atoms with Gasteiger partial charge in [0.05, 0.1) is 11.5 Å². The van der Waals surface area contributed by atoms with Crippen LogP contribution < -0.4 is 10.8 Å². The van der Waals surface area contributed by atoms with Gasteiger partial charge in [0.25, 0.3) is 0 Å². The number of carboxylic acids is 1. The van der Waals surface area contributed by atoms with Crippen LogP contribution in [0.3, 0.4) is 0 Å². The summed E-state index contributed by atoms with van der Waals surface area (Å²) in [6, 6.07) is 0. The minimum Gasteiger partial charge on any atom is -0.548 e. The van der Waals surface area contributed by atoms with Gasteiger partial charge in [0, 0.05) is 0 Å². The van der Waals surface area contributed by atoms with Gasteiger partial charge in [-0.05, 0) is 31.1 Å². The van der Waals surface area contributed by atoms with Gasteiger partial charge in [-0.2, -0.15) is 0 Å². The zero-order chi connectivity index (χ0) is 8.06. The molecule has 0 saturated heterocycles. The second-order valence-corrected chi connectivity index (χ2v) is 3.91. The minimum atomic E-state index is -1.05. The molecular weight excluding hydrogens is 142 g/mol. The fourth-order valence-corrected chi connectivity index (χ4v) is 2.62. The molecule has 62 valence electrons. The van der Waals surface area contributed by atoms with Crippen molar-refractivity contribution in [3.8, 4) is 0 Å². The van der Waals surface area contributed by atoms with Crippen LogP contribution in [0.4, 0.5) is 0 Å². The van der Waals surface area contributed by atoms with Gasteiger partial charge in [0.2, 0.25) is 0 Å². The molecule has 0 aromatic heterocycles. The number of rotatable bonds is 1. The Kier molecular flexibility index (Phi) is 1.27. The lowest BCUT2D eigenvalue weighted by Crippen LogP contribution is -2.58. The summed E-state index contributed by atoms with van der Waals surface area (Å²) in [5, 5.41) is 10.7. The van der Waals surface area contributed by atoms with Gasteiger partial charge in [-0.25, -0.2) is 0 Å². The zero-order valence-electron chi connectivity index (χ0n) is 6.38. The molecule has 0 amide bonds. The first-order valence-corrected chi connectivity index (χ1v) is 4.13. The maximum Gasteiger partial charge on any atom is 0.0616 e. The van der Waals surface area contributed by atoms with Crippen molar-refractivity contribution in [2.45, 2.75) is 31.2 Å². The first kappa shape index (κ1) is 7.10. The van der Waals surface area contributed by atoms with E-state index >= 15 is 0 Å². The number of carboxylic acid groups (broad SMARTS) is 1. The highest BCUT2D eigenvalue weighted by Crippen LogP contribution is 2.49. The number of fused-ring (bicyclic) bond motifs is 2. The van der Waals surface area contributed by atoms with E-state index in [1.165, 1.54) is 0 Å². The fourth-order valence-electron chi connectivity index (χ4n) is 2.62. The van der Waals surface area contributed by atoms with E-state index in [1.807, 2.05) is 0 Å². The molecule has 0 aromatic carbocycles. The summed E-state index contributed by atoms with van der Waals surface area (Å²) in [6.07, 6.45) is 3.79. The van der Waals surface area contributed by atoms with Crippen molar-refractivity contribution in [2.75, 3.05) is 0 Å². The van der Waals surface area contributed by atoms with E-state index in [0.29, 0.717) is 12.3 Å². The summed E-state index contributed by atoms with van der Waals surface area (Å²) in [7, 11) is 0. The van der Waals surface area contributed by atoms with Gasteiger partial charge < -0.3 is 15.6 Å². The zero-order valence-corrected chi connectivity index (χ0v) is 6.38. The number of nitrogens with two attached hydrogens (primary N) is 1. The third-order valence-corrected chi connectivity index (χ3v) is 3.28. The second-order valence-electron chi connectivity index (χ2n) is 3.91. The number of carbonyl (C=O) groups excluding carboxylic acids is 1. The van der Waals surface area contributed by atoms with Crippen LogP contribution in [0.25, 0.3) is 0 Å². The van der Waals surface area contributed by atoms with Crippen molar-refractivity contribution >= 4 is 5.97 Å². The molecule has 11 heavy (non-hydrogen) atoms. The Morgan fingerprint density at radius 1 is 1.55 bits per heavy atom. The maximum absolute atomic E-state index is 10.7. The smallest absolute Gasteiger partial charge is 0.0616 e. The Morgan fingerprint density at radius 3 is 2.55 bits per heavy atom. The van der Waals surface area contributed by atoms with E-state index in [1.54, 1.807) is 0 Å². The van der Waals surface area contributed by atoms with E-state index in [-0.39, 0.29) is 5.92 Å². The Balaban J connectivity index is 2.23. The monoisotopic (exact) mass is 154 g/mol. The topological polar surface area (TPSA) is 66.2 Å². The molecule has 2 bridgehead atoms. The van der Waals surface area contributed by atoms with Gasteiger partial charge in [-0.15, -0.1) is 0 Å². The van der Waals surface area contributed by atoms with Crippen LogP contribution in [0.15, 0.2) is 0 Å². The van der Waals surface area contributed by atoms with Crippen molar-refractivity contribution in [3.63, 3.8) is 0 Å². The summed E-state index contributed by atoms with van der Waals surface area (Å²) in [5.74, 6) is -0.301. The maximum atomic E-state index is 10.7. The predicted octanol–water partition coefficient (Wildman–Crippen LogP) is -0.746. The molecule has 2 aliphatic carbocycles. The molecule has 0 heterocycles. The predicted molar refractivity (Wildman–Crippen MR) is 37.4 cm³/mol. The Morgan fingerprint density at radius 2 is 2.27 bits per heavy atom. The normalized spacial score (nSPS) is 48.1. The summed E-state index contributed by atoms with van der Waals surface area (Å²) < 4.78 is 0. The van der Waals surface area contributed by atoms with Crippen LogP contribution in [-0.2, 0) is 4.79 Å². The molecule has 2 N–H and O–H groups in total. The average molecular weight is 154 g/mol. The third kappa shape index (κ3) is 0.805. The van der Waals surface area contributed by atoms with E-state index in [0.717, 1.165) is 19.3 Å². The molecule has 2 saturated carbocycles. The van der Waals surface area contributed by atoms with E-state index in [9.17, 15) is 9.90 Å². The summed E-state index contributed by atoms with van der Waals surface area (Å²) in [5.41, 5.74) is 4.74. The van der Waals surface area contributed by atoms with Crippen molar-refractivity contribution in [2.24, 2.45) is 17.6 Å². The number of aliphatic carboxylic acids is 1. The molecule has 0 radical (unpaired) electrons. The molecule has 3 unspecified atom stereocenters. The molecular formula is C8H12NO2-. The molecule has 0 aromatic rings. The highest BCUT2D eigenvalue weighted by Gasteiger charge is 2.49. The minimum absolute atomic E-state index is 0.192. The largest absolute Gasteiger partial charge is 0.548 e. The Hall–Kier alpha value is -0.570. The van der Waals surface area contributed by atoms with Gasteiger partial charge in [-0.3, -0.25) is 0 Å². The van der Waals surface area contributed by atoms with E-state index in [2.05, 4.69) is 0 Å². The third-order valence-electron chi connectivity index (χ3n) is 3.28. The fraction of sp³-hybridized carbons (Fsp3) is 0.875. The summed E-state index contributed by atoms with van der Waals surface area (Å²) in [6.45, 7) is 0. The number of carbonyl (C=O) groups is 1. The van der Waals surface area contributed by atoms with Crippen LogP contribution in [-0.4, -0.2) is 11.5 Å². The van der Waals surface area contributed by atoms with Gasteiger partial charge in [-0.1, -0.05) is 6.42 Å². The lowest BCUT2D eigenvalue weighted by molar-refractivity contribution is -0.314. The lowest BCUT2D eigenvalue weighted by Gasteiger charge is -2.34. The van der Waals surface area contributed by atoms with Crippen molar-refractivity contribution in [1.82, 2.24) is 0 Å². The number of hydrogen-bond acceptors (Lipinski definition) is 3. The van der Waals surface area contributed by atoms with Crippen LogP contribution >= 0.6 is 0 Å². The molecule has 3 nitrogen and oxygen atoms in total. The van der Waals surface area contributed by atoms with E-state index < -0.39 is 11.5 Å². The molecule has 2 aliphatic rings. The van der Waals surface area contributed by atoms with Gasteiger partial charge in [0.1, 0.15) is 0 Å². The lowest BCUT2D eigenvalue weighted by atomic mass is 9.82. The van der Waals surface area contributed by atoms with Gasteiger partial charge in [0.15, 0.2) is 0 Å². The highest BCUT2D eigenvalue weighted by molar-refractivity contribution is 5.77. The van der Waals surface area contributed by atoms with Crippen molar-refractivity contribution in [1.29, 1.82) is 0 Å². The summed E-state index contributed by atoms with van der Waals surface area (Å²) >= 11 is 0. The molecule has 3 atom stereocenters. The standard InChI is InChI=1S/C8H13NO2/c9-8(7(10)11)4-5-1-2-6(8)3-5/h5-6H,1-4,9H2,(H,10,11)/p-1. The quantitative estimate of drug-likeness (QED) is 0.540. The van der Waals surface area contributed by atoms with Crippen LogP contribution in [0.1, 0.15) is 25.7 Å². The molecule has 0 aliphatic heterocycles. The first-order valence-electron chi connectivity index (χ1n) is 4.13. The molecule has 3 heteroatoms. The number of hydrogen-bond donors (Lipinski definition) is 1. The second kappa shape index (κ2) is 1.97. The average Bonchev–Trinajstić information content (AvgIpc) is 2.45. The van der Waals surface area contributed by atoms with Crippen LogP contribution in [0.5, 0.6) is 0 Å². The van der Waals surface area contributed by atoms with Crippen LogP contribution in [0, 0.1) is 11.8 Å². The van der Waals surface area contributed by atoms with Crippen molar-refractivity contribution < 1.29 is 9.90 Å². The molecule has 0 spiro atoms. The Labute approximate surface area is 65.6 Å². The first-order chi connectivity index (χ1) is 5.13. The van der Waals surface area contributed by atoms with Crippen molar-refractivity contribution in [3.05, 3.63) is 0 Å². The SMILES string of the molecule is NC1(C(=O)[O-])CC2CCC1C2. The van der Waals surface area contributed by atoms with E-state index in [4.69, 9.17) is 5.73 Å². The summed E-state index contributed by atoms with van der Waals surface area (Å²) in [4.78, 5) is 10.7. The molecule has 2 fully saturated rings. The van der Waals surface area contributed by atoms with Gasteiger partial charge >= 0.3 is 0 Å². The highest BCUT2D eigenvalue weighted by atomic mass is 16.4. The molecule has 2 rings (SSSR count). The van der Waals surface area contributed by atoms with Crippen LogP contribution in [0.2, 0.25) is 0 Å². The Bertz CT molecular complexity index is 204.